The van der Waals surface area contributed by atoms with Crippen LogP contribution >= 0.6 is 11.8 Å². The van der Waals surface area contributed by atoms with Gasteiger partial charge in [0.25, 0.3) is 0 Å². The molecule has 22 heavy (non-hydrogen) atoms. The van der Waals surface area contributed by atoms with Crippen LogP contribution in [0, 0.1) is 5.41 Å². The average Bonchev–Trinajstić information content (AvgIpc) is 2.55. The number of piperidine rings is 1. The zero-order valence-corrected chi connectivity index (χ0v) is 15.0. The molecule has 4 nitrogen and oxygen atoms in total. The van der Waals surface area contributed by atoms with Crippen LogP contribution < -0.4 is 5.32 Å². The molecule has 0 radical (unpaired) electrons. The lowest BCUT2D eigenvalue weighted by molar-refractivity contribution is 0.0512. The van der Waals surface area contributed by atoms with Crippen molar-refractivity contribution >= 4 is 17.8 Å². The molecule has 2 fully saturated rings. The van der Waals surface area contributed by atoms with Gasteiger partial charge in [0.05, 0.1) is 0 Å². The summed E-state index contributed by atoms with van der Waals surface area (Å²) in [6.07, 6.45) is 7.61. The van der Waals surface area contributed by atoms with Gasteiger partial charge in [0.1, 0.15) is 0 Å². The Kier molecular flexibility index (Phi) is 6.87. The molecule has 0 spiro atoms. The zero-order valence-electron chi connectivity index (χ0n) is 14.1. The fourth-order valence-corrected chi connectivity index (χ4v) is 4.91. The van der Waals surface area contributed by atoms with Crippen molar-refractivity contribution in [3.8, 4) is 0 Å². The van der Waals surface area contributed by atoms with Gasteiger partial charge >= 0.3 is 6.03 Å². The molecule has 1 heterocycles. The van der Waals surface area contributed by atoms with Gasteiger partial charge in [-0.1, -0.05) is 20.3 Å². The Morgan fingerprint density at radius 3 is 2.64 bits per heavy atom. The molecule has 0 aromatic rings. The van der Waals surface area contributed by atoms with Crippen LogP contribution in [-0.2, 0) is 0 Å². The molecule has 2 atom stereocenters. The summed E-state index contributed by atoms with van der Waals surface area (Å²) in [6.45, 7) is 6.15. The Labute approximate surface area is 139 Å². The van der Waals surface area contributed by atoms with E-state index in [-0.39, 0.29) is 18.1 Å². The molecule has 1 saturated carbocycles. The molecule has 1 saturated heterocycles. The van der Waals surface area contributed by atoms with Crippen LogP contribution in [0.1, 0.15) is 58.8 Å². The molecule has 2 unspecified atom stereocenters. The Bertz CT molecular complexity index is 349. The molecular weight excluding hydrogens is 296 g/mol. The number of hydrogen-bond donors (Lipinski definition) is 2. The number of aliphatic hydroxyl groups excluding tert-OH is 1. The molecule has 2 amide bonds. The molecule has 0 bridgehead atoms. The first-order valence-corrected chi connectivity index (χ1v) is 9.95. The predicted octanol–water partition coefficient (Wildman–Crippen LogP) is 3.24. The van der Waals surface area contributed by atoms with Gasteiger partial charge in [0.15, 0.2) is 0 Å². The third kappa shape index (κ3) is 4.54. The molecule has 128 valence electrons. The number of amides is 2. The smallest absolute Gasteiger partial charge is 0.317 e. The first kappa shape index (κ1) is 17.9. The molecule has 2 rings (SSSR count). The number of rotatable bonds is 5. The van der Waals surface area contributed by atoms with Gasteiger partial charge in [-0.25, -0.2) is 4.79 Å². The van der Waals surface area contributed by atoms with Crippen molar-refractivity contribution < 1.29 is 9.90 Å². The highest BCUT2D eigenvalue weighted by molar-refractivity contribution is 7.99. The third-order valence-corrected chi connectivity index (χ3v) is 6.79. The third-order valence-electron chi connectivity index (χ3n) is 5.55. The van der Waals surface area contributed by atoms with Crippen LogP contribution in [0.25, 0.3) is 0 Å². The van der Waals surface area contributed by atoms with Gasteiger partial charge in [-0.05, 0) is 49.7 Å². The van der Waals surface area contributed by atoms with Crippen LogP contribution in [0.5, 0.6) is 0 Å². The SMILES string of the molecule is CCSC1CCCC(NC(=O)N2CCC(CC)(CO)CC2)C1. The van der Waals surface area contributed by atoms with Gasteiger partial charge < -0.3 is 15.3 Å². The Morgan fingerprint density at radius 2 is 2.05 bits per heavy atom. The summed E-state index contributed by atoms with van der Waals surface area (Å²) in [6, 6.07) is 0.454. The molecule has 0 aromatic carbocycles. The molecule has 2 aliphatic rings. The first-order chi connectivity index (χ1) is 10.6. The summed E-state index contributed by atoms with van der Waals surface area (Å²) in [5.41, 5.74) is 0.0461. The van der Waals surface area contributed by atoms with E-state index in [0.717, 1.165) is 50.9 Å². The van der Waals surface area contributed by atoms with Crippen molar-refractivity contribution in [1.82, 2.24) is 10.2 Å². The highest BCUT2D eigenvalue weighted by atomic mass is 32.2. The van der Waals surface area contributed by atoms with E-state index in [1.54, 1.807) is 0 Å². The summed E-state index contributed by atoms with van der Waals surface area (Å²) in [4.78, 5) is 14.4. The fraction of sp³-hybridized carbons (Fsp3) is 0.941. The Hall–Kier alpha value is -0.420. The van der Waals surface area contributed by atoms with Crippen LogP contribution in [0.2, 0.25) is 0 Å². The average molecular weight is 329 g/mol. The number of hydrogen-bond acceptors (Lipinski definition) is 3. The molecule has 0 aromatic heterocycles. The molecule has 5 heteroatoms. The van der Waals surface area contributed by atoms with Crippen LogP contribution in [0.4, 0.5) is 4.79 Å². The number of aliphatic hydroxyl groups is 1. The van der Waals surface area contributed by atoms with Gasteiger partial charge in [-0.15, -0.1) is 0 Å². The van der Waals surface area contributed by atoms with Crippen molar-refractivity contribution in [1.29, 1.82) is 0 Å². The maximum Gasteiger partial charge on any atom is 0.317 e. The second kappa shape index (κ2) is 8.44. The van der Waals surface area contributed by atoms with E-state index in [0.29, 0.717) is 11.3 Å². The number of urea groups is 1. The highest BCUT2D eigenvalue weighted by Gasteiger charge is 2.34. The quantitative estimate of drug-likeness (QED) is 0.814. The van der Waals surface area contributed by atoms with Crippen molar-refractivity contribution in [3.63, 3.8) is 0 Å². The normalized spacial score (nSPS) is 28.4. The van der Waals surface area contributed by atoms with E-state index in [4.69, 9.17) is 0 Å². The Morgan fingerprint density at radius 1 is 1.32 bits per heavy atom. The summed E-state index contributed by atoms with van der Waals surface area (Å²) < 4.78 is 0. The van der Waals surface area contributed by atoms with E-state index >= 15 is 0 Å². The minimum Gasteiger partial charge on any atom is -0.396 e. The van der Waals surface area contributed by atoms with E-state index in [1.165, 1.54) is 12.8 Å². The van der Waals surface area contributed by atoms with E-state index in [1.807, 2.05) is 16.7 Å². The number of nitrogens with zero attached hydrogens (tertiary/aromatic N) is 1. The van der Waals surface area contributed by atoms with E-state index < -0.39 is 0 Å². The largest absolute Gasteiger partial charge is 0.396 e. The van der Waals surface area contributed by atoms with Crippen molar-refractivity contribution in [2.45, 2.75) is 70.1 Å². The van der Waals surface area contributed by atoms with Gasteiger partial charge in [0.2, 0.25) is 0 Å². The molecule has 2 N–H and O–H groups in total. The minimum absolute atomic E-state index is 0.0461. The molecule has 1 aliphatic carbocycles. The van der Waals surface area contributed by atoms with Crippen molar-refractivity contribution in [2.75, 3.05) is 25.4 Å². The van der Waals surface area contributed by atoms with E-state index in [2.05, 4.69) is 19.2 Å². The number of nitrogens with one attached hydrogen (secondary N) is 1. The second-order valence-corrected chi connectivity index (χ2v) is 8.47. The van der Waals surface area contributed by atoms with Crippen molar-refractivity contribution in [3.05, 3.63) is 0 Å². The van der Waals surface area contributed by atoms with Gasteiger partial charge in [0, 0.05) is 31.0 Å². The summed E-state index contributed by atoms with van der Waals surface area (Å²) >= 11 is 2.03. The second-order valence-electron chi connectivity index (χ2n) is 6.89. The van der Waals surface area contributed by atoms with Gasteiger partial charge in [-0.2, -0.15) is 11.8 Å². The van der Waals surface area contributed by atoms with Crippen LogP contribution in [0.3, 0.4) is 0 Å². The number of thioether (sulfide) groups is 1. The zero-order chi connectivity index (χ0) is 16.0. The van der Waals surface area contributed by atoms with Gasteiger partial charge in [-0.3, -0.25) is 0 Å². The van der Waals surface area contributed by atoms with Crippen molar-refractivity contribution in [2.24, 2.45) is 5.41 Å². The minimum atomic E-state index is 0.0461. The van der Waals surface area contributed by atoms with E-state index in [9.17, 15) is 9.90 Å². The number of carbonyl (C=O) groups excluding carboxylic acids is 1. The maximum absolute atomic E-state index is 12.5. The number of carbonyl (C=O) groups is 1. The lowest BCUT2D eigenvalue weighted by Gasteiger charge is -2.41. The maximum atomic E-state index is 12.5. The lowest BCUT2D eigenvalue weighted by Crippen LogP contribution is -2.51. The Balaban J connectivity index is 1.78. The summed E-state index contributed by atoms with van der Waals surface area (Å²) in [5.74, 6) is 1.16. The predicted molar refractivity (Wildman–Crippen MR) is 93.3 cm³/mol. The molecular formula is C17H32N2O2S. The topological polar surface area (TPSA) is 52.6 Å². The fourth-order valence-electron chi connectivity index (χ4n) is 3.74. The van der Waals surface area contributed by atoms with Crippen LogP contribution in [-0.4, -0.2) is 52.8 Å². The van der Waals surface area contributed by atoms with Crippen LogP contribution in [0.15, 0.2) is 0 Å². The molecule has 1 aliphatic heterocycles. The monoisotopic (exact) mass is 328 g/mol. The lowest BCUT2D eigenvalue weighted by atomic mass is 9.77. The first-order valence-electron chi connectivity index (χ1n) is 8.90. The standard InChI is InChI=1S/C17H32N2O2S/c1-3-17(13-20)8-10-19(11-9-17)16(21)18-14-6-5-7-15(12-14)22-4-2/h14-15,20H,3-13H2,1-2H3,(H,18,21). The number of likely N-dealkylation sites (tertiary alicyclic amines) is 1. The summed E-state index contributed by atoms with van der Waals surface area (Å²) in [5, 5.41) is 13.6. The highest BCUT2D eigenvalue weighted by Crippen LogP contribution is 2.34. The summed E-state index contributed by atoms with van der Waals surface area (Å²) in [7, 11) is 0.